The van der Waals surface area contributed by atoms with E-state index >= 15 is 0 Å². The van der Waals surface area contributed by atoms with Gasteiger partial charge in [-0.25, -0.2) is 14.4 Å². The summed E-state index contributed by atoms with van der Waals surface area (Å²) in [5, 5.41) is 0. The van der Waals surface area contributed by atoms with Gasteiger partial charge in [0.25, 0.3) is 0 Å². The number of nitrogen functional groups attached to an aromatic ring is 1. The molecule has 0 saturated carbocycles. The van der Waals surface area contributed by atoms with Gasteiger partial charge in [-0.2, -0.15) is 13.8 Å². The minimum atomic E-state index is -3.04. The van der Waals surface area contributed by atoms with Crippen LogP contribution in [0.2, 0.25) is 0 Å². The van der Waals surface area contributed by atoms with Gasteiger partial charge < -0.3 is 29.7 Å². The van der Waals surface area contributed by atoms with Crippen LogP contribution in [0.25, 0.3) is 11.3 Å². The lowest BCUT2D eigenvalue weighted by Gasteiger charge is -2.29. The number of rotatable bonds is 7. The molecular formula is C20H25F3N6O3. The van der Waals surface area contributed by atoms with E-state index in [0.717, 1.165) is 0 Å². The number of methoxy groups -OCH3 is 1. The number of hydrogen-bond donors (Lipinski definition) is 1. The molecule has 2 aliphatic heterocycles. The molecule has 0 bridgehead atoms. The maximum atomic E-state index is 15.0. The molecule has 2 aromatic heterocycles. The molecule has 0 aromatic carbocycles. The zero-order valence-corrected chi connectivity index (χ0v) is 17.6. The lowest BCUT2D eigenvalue weighted by atomic mass is 10.1. The molecular weight excluding hydrogens is 429 g/mol. The molecule has 9 nitrogen and oxygen atoms in total. The van der Waals surface area contributed by atoms with Gasteiger partial charge in [-0.05, 0) is 6.07 Å². The smallest absolute Gasteiger partial charge is 0.387 e. The van der Waals surface area contributed by atoms with Crippen molar-refractivity contribution in [3.63, 3.8) is 0 Å². The van der Waals surface area contributed by atoms with E-state index in [-0.39, 0.29) is 31.1 Å². The van der Waals surface area contributed by atoms with Gasteiger partial charge in [0.15, 0.2) is 17.2 Å². The molecule has 1 atom stereocenters. The summed E-state index contributed by atoms with van der Waals surface area (Å²) >= 11 is 0. The zero-order chi connectivity index (χ0) is 22.7. The number of pyridine rings is 1. The Labute approximate surface area is 183 Å². The number of aromatic nitrogens is 3. The number of nitrogens with zero attached hydrogens (tertiary/aromatic N) is 5. The molecule has 2 aromatic rings. The fourth-order valence-corrected chi connectivity index (χ4v) is 3.83. The molecule has 2 fully saturated rings. The van der Waals surface area contributed by atoms with Gasteiger partial charge in [0, 0.05) is 51.0 Å². The predicted octanol–water partition coefficient (Wildman–Crippen LogP) is 2.12. The van der Waals surface area contributed by atoms with Crippen molar-refractivity contribution < 1.29 is 27.4 Å². The monoisotopic (exact) mass is 454 g/mol. The van der Waals surface area contributed by atoms with Crippen molar-refractivity contribution in [2.24, 2.45) is 0 Å². The summed E-state index contributed by atoms with van der Waals surface area (Å²) in [6, 6.07) is 3.10. The summed E-state index contributed by atoms with van der Waals surface area (Å²) < 4.78 is 55.4. The predicted molar refractivity (Wildman–Crippen MR) is 112 cm³/mol. The minimum Gasteiger partial charge on any atom is -0.431 e. The molecule has 2 aliphatic rings. The van der Waals surface area contributed by atoms with E-state index < -0.39 is 12.3 Å². The highest BCUT2D eigenvalue weighted by molar-refractivity contribution is 5.68. The van der Waals surface area contributed by atoms with E-state index in [4.69, 9.17) is 15.2 Å². The number of alkyl halides is 3. The Kier molecular flexibility index (Phi) is 6.51. The van der Waals surface area contributed by atoms with Crippen LogP contribution in [0.1, 0.15) is 6.42 Å². The van der Waals surface area contributed by atoms with Crippen LogP contribution in [0.3, 0.4) is 0 Å². The first-order valence-electron chi connectivity index (χ1n) is 10.2. The summed E-state index contributed by atoms with van der Waals surface area (Å²) in [6.45, 7) is -0.181. The van der Waals surface area contributed by atoms with Crippen molar-refractivity contribution >= 4 is 17.6 Å². The maximum absolute atomic E-state index is 15.0. The Morgan fingerprint density at radius 2 is 1.97 bits per heavy atom. The van der Waals surface area contributed by atoms with Crippen LogP contribution >= 0.6 is 0 Å². The number of morpholine rings is 1. The van der Waals surface area contributed by atoms with Crippen LogP contribution in [0.4, 0.5) is 30.8 Å². The van der Waals surface area contributed by atoms with Crippen molar-refractivity contribution in [1.29, 1.82) is 0 Å². The number of anilines is 3. The van der Waals surface area contributed by atoms with Crippen molar-refractivity contribution in [2.45, 2.75) is 18.7 Å². The van der Waals surface area contributed by atoms with Gasteiger partial charge >= 0.3 is 6.61 Å². The average Bonchev–Trinajstić information content (AvgIpc) is 3.17. The summed E-state index contributed by atoms with van der Waals surface area (Å²) in [4.78, 5) is 17.0. The molecule has 0 radical (unpaired) electrons. The normalized spacial score (nSPS) is 21.4. The highest BCUT2D eigenvalue weighted by Crippen LogP contribution is 2.33. The van der Waals surface area contributed by atoms with Gasteiger partial charge in [0.2, 0.25) is 5.95 Å². The highest BCUT2D eigenvalue weighted by atomic mass is 19.3. The van der Waals surface area contributed by atoms with Crippen LogP contribution in [0, 0.1) is 0 Å². The molecule has 174 valence electrons. The second kappa shape index (κ2) is 9.33. The summed E-state index contributed by atoms with van der Waals surface area (Å²) in [5.74, 6) is 0.574. The SMILES string of the molecule is COCC1(F)CCN(c2nc(-c3cnc(N)c(OC(F)F)c3)cc(N3CCOCC3)n2)C1. The van der Waals surface area contributed by atoms with Gasteiger partial charge in [-0.1, -0.05) is 0 Å². The van der Waals surface area contributed by atoms with E-state index in [9.17, 15) is 13.2 Å². The Balaban J connectivity index is 1.71. The number of ether oxygens (including phenoxy) is 3. The Morgan fingerprint density at radius 1 is 1.19 bits per heavy atom. The first kappa shape index (κ1) is 22.3. The van der Waals surface area contributed by atoms with Gasteiger partial charge in [0.05, 0.1) is 32.1 Å². The standard InChI is InChI=1S/C20H25F3N6O3/c1-30-12-20(23)2-3-29(11-20)19-26-14(9-16(27-19)28-4-6-31-7-5-28)13-8-15(32-18(21)22)17(24)25-10-13/h8-10,18H,2-7,11-12H2,1H3,(H2,24,25). The Hall–Kier alpha value is -2.86. The third-order valence-corrected chi connectivity index (χ3v) is 5.42. The quantitative estimate of drug-likeness (QED) is 0.674. The molecule has 4 heterocycles. The molecule has 32 heavy (non-hydrogen) atoms. The average molecular weight is 454 g/mol. The number of halogens is 3. The Morgan fingerprint density at radius 3 is 2.69 bits per heavy atom. The van der Waals surface area contributed by atoms with E-state index in [1.165, 1.54) is 19.4 Å². The van der Waals surface area contributed by atoms with Crippen molar-refractivity contribution in [3.05, 3.63) is 18.3 Å². The van der Waals surface area contributed by atoms with Crippen LogP contribution in [0.15, 0.2) is 18.3 Å². The number of hydrogen-bond acceptors (Lipinski definition) is 9. The molecule has 2 N–H and O–H groups in total. The first-order chi connectivity index (χ1) is 15.4. The number of nitrogens with two attached hydrogens (primary N) is 1. The molecule has 2 saturated heterocycles. The second-order valence-corrected chi connectivity index (χ2v) is 7.75. The van der Waals surface area contributed by atoms with Crippen molar-refractivity contribution in [3.8, 4) is 17.0 Å². The van der Waals surface area contributed by atoms with Gasteiger partial charge in [-0.3, -0.25) is 0 Å². The lowest BCUT2D eigenvalue weighted by molar-refractivity contribution is -0.0494. The molecule has 0 aliphatic carbocycles. The topological polar surface area (TPSA) is 98.9 Å². The zero-order valence-electron chi connectivity index (χ0n) is 17.6. The van der Waals surface area contributed by atoms with Crippen molar-refractivity contribution in [2.75, 3.05) is 68.6 Å². The third-order valence-electron chi connectivity index (χ3n) is 5.42. The molecule has 0 amide bonds. The van der Waals surface area contributed by atoms with E-state index in [2.05, 4.69) is 19.7 Å². The van der Waals surface area contributed by atoms with Gasteiger partial charge in [-0.15, -0.1) is 0 Å². The fraction of sp³-hybridized carbons (Fsp3) is 0.550. The molecule has 4 rings (SSSR count). The maximum Gasteiger partial charge on any atom is 0.387 e. The largest absolute Gasteiger partial charge is 0.431 e. The summed E-state index contributed by atoms with van der Waals surface area (Å²) in [7, 11) is 1.46. The first-order valence-corrected chi connectivity index (χ1v) is 10.2. The molecule has 1 unspecified atom stereocenters. The molecule has 12 heteroatoms. The minimum absolute atomic E-state index is 0.0181. The second-order valence-electron chi connectivity index (χ2n) is 7.75. The van der Waals surface area contributed by atoms with Crippen LogP contribution < -0.4 is 20.3 Å². The van der Waals surface area contributed by atoms with Crippen LogP contribution in [-0.2, 0) is 9.47 Å². The third kappa shape index (κ3) is 4.96. The lowest BCUT2D eigenvalue weighted by Crippen LogP contribution is -2.37. The van der Waals surface area contributed by atoms with Gasteiger partial charge in [0.1, 0.15) is 5.82 Å². The van der Waals surface area contributed by atoms with E-state index in [0.29, 0.717) is 55.9 Å². The highest BCUT2D eigenvalue weighted by Gasteiger charge is 2.39. The van der Waals surface area contributed by atoms with Crippen LogP contribution in [0.5, 0.6) is 5.75 Å². The summed E-state index contributed by atoms with van der Waals surface area (Å²) in [5.41, 5.74) is 5.04. The van der Waals surface area contributed by atoms with Crippen LogP contribution in [-0.4, -0.2) is 80.3 Å². The summed E-state index contributed by atoms with van der Waals surface area (Å²) in [6.07, 6.45) is 1.72. The molecule has 0 spiro atoms. The van der Waals surface area contributed by atoms with E-state index in [1.54, 1.807) is 11.0 Å². The fourth-order valence-electron chi connectivity index (χ4n) is 3.83. The van der Waals surface area contributed by atoms with Crippen molar-refractivity contribution in [1.82, 2.24) is 15.0 Å². The Bertz CT molecular complexity index is 947. The van der Waals surface area contributed by atoms with E-state index in [1.807, 2.05) is 4.90 Å².